The van der Waals surface area contributed by atoms with Crippen LogP contribution >= 0.6 is 0 Å². The van der Waals surface area contributed by atoms with E-state index in [0.29, 0.717) is 11.1 Å². The van der Waals surface area contributed by atoms with Gasteiger partial charge in [0.1, 0.15) is 5.82 Å². The molecule has 1 atom stereocenters. The zero-order valence-corrected chi connectivity index (χ0v) is 16.9. The summed E-state index contributed by atoms with van der Waals surface area (Å²) in [4.78, 5) is 12.6. The average Bonchev–Trinajstić information content (AvgIpc) is 2.53. The van der Waals surface area contributed by atoms with Crippen LogP contribution in [0.15, 0.2) is 48.5 Å². The van der Waals surface area contributed by atoms with Crippen LogP contribution in [0.3, 0.4) is 0 Å². The van der Waals surface area contributed by atoms with Crippen molar-refractivity contribution in [1.82, 2.24) is 0 Å². The van der Waals surface area contributed by atoms with E-state index in [9.17, 15) is 9.18 Å². The van der Waals surface area contributed by atoms with E-state index in [1.54, 1.807) is 13.0 Å². The quantitative estimate of drug-likeness (QED) is 0.613. The van der Waals surface area contributed by atoms with E-state index >= 15 is 0 Å². The first-order valence-electron chi connectivity index (χ1n) is 8.60. The highest BCUT2D eigenvalue weighted by atomic mass is 28.4. The summed E-state index contributed by atoms with van der Waals surface area (Å²) in [7, 11) is -2.18. The molecule has 0 radical (unpaired) electrons. The van der Waals surface area contributed by atoms with E-state index in [-0.39, 0.29) is 16.8 Å². The molecule has 2 nitrogen and oxygen atoms in total. The summed E-state index contributed by atoms with van der Waals surface area (Å²) in [5.74, 6) is -1.09. The van der Waals surface area contributed by atoms with Crippen molar-refractivity contribution in [2.45, 2.75) is 51.7 Å². The molecule has 25 heavy (non-hydrogen) atoms. The maximum Gasteiger partial charge on any atom is 0.299 e. The van der Waals surface area contributed by atoms with Gasteiger partial charge in [0.25, 0.3) is 14.3 Å². The first kappa shape index (κ1) is 19.4. The lowest BCUT2D eigenvalue weighted by atomic mass is 9.97. The number of benzene rings is 2. The molecular weight excluding hydrogens is 331 g/mol. The van der Waals surface area contributed by atoms with Gasteiger partial charge in [0.05, 0.1) is 5.92 Å². The van der Waals surface area contributed by atoms with Gasteiger partial charge >= 0.3 is 0 Å². The number of carbonyl (C=O) groups excluding carboxylic acids is 1. The Balaban J connectivity index is 2.22. The summed E-state index contributed by atoms with van der Waals surface area (Å²) in [6.45, 7) is 12.1. The van der Waals surface area contributed by atoms with Gasteiger partial charge in [0, 0.05) is 5.56 Å². The minimum Gasteiger partial charge on any atom is -0.519 e. The van der Waals surface area contributed by atoms with Crippen molar-refractivity contribution < 1.29 is 13.6 Å². The topological polar surface area (TPSA) is 26.3 Å². The molecule has 0 N–H and O–H groups in total. The Hall–Kier alpha value is -1.94. The summed E-state index contributed by atoms with van der Waals surface area (Å²) >= 11 is 0. The Kier molecular flexibility index (Phi) is 5.52. The van der Waals surface area contributed by atoms with Crippen LogP contribution < -0.4 is 0 Å². The van der Waals surface area contributed by atoms with Gasteiger partial charge in [-0.05, 0) is 42.2 Å². The number of halogens is 1. The molecule has 0 amide bonds. The Morgan fingerprint density at radius 2 is 1.68 bits per heavy atom. The molecule has 2 rings (SSSR count). The van der Waals surface area contributed by atoms with Gasteiger partial charge < -0.3 is 4.43 Å². The molecule has 0 aliphatic heterocycles. The van der Waals surface area contributed by atoms with Crippen molar-refractivity contribution in [3.05, 3.63) is 59.9 Å². The fourth-order valence-electron chi connectivity index (χ4n) is 2.28. The summed E-state index contributed by atoms with van der Waals surface area (Å²) in [6.07, 6.45) is 0. The summed E-state index contributed by atoms with van der Waals surface area (Å²) in [6, 6.07) is 14.4. The van der Waals surface area contributed by atoms with Crippen molar-refractivity contribution in [3.8, 4) is 11.1 Å². The fourth-order valence-corrected chi connectivity index (χ4v) is 3.27. The minimum absolute atomic E-state index is 0.0508. The highest BCUT2D eigenvalue weighted by molar-refractivity contribution is 6.75. The predicted octanol–water partition coefficient (Wildman–Crippen LogP) is 6.14. The first-order valence-corrected chi connectivity index (χ1v) is 11.5. The van der Waals surface area contributed by atoms with E-state index in [4.69, 9.17) is 4.43 Å². The zero-order chi connectivity index (χ0) is 18.8. The van der Waals surface area contributed by atoms with Gasteiger partial charge in [0.15, 0.2) is 0 Å². The minimum atomic E-state index is -2.18. The van der Waals surface area contributed by atoms with Crippen molar-refractivity contribution >= 4 is 14.3 Å². The van der Waals surface area contributed by atoms with Crippen molar-refractivity contribution in [1.29, 1.82) is 0 Å². The molecule has 0 aromatic heterocycles. The molecule has 4 heteroatoms. The Labute approximate surface area is 151 Å². The molecule has 2 aromatic carbocycles. The molecule has 0 saturated heterocycles. The van der Waals surface area contributed by atoms with Crippen LogP contribution in [0.1, 0.15) is 39.2 Å². The van der Waals surface area contributed by atoms with Crippen LogP contribution in [0.4, 0.5) is 4.39 Å². The van der Waals surface area contributed by atoms with E-state index in [0.717, 1.165) is 5.56 Å². The van der Waals surface area contributed by atoms with Crippen LogP contribution in [-0.2, 0) is 9.22 Å². The van der Waals surface area contributed by atoms with Crippen molar-refractivity contribution in [2.75, 3.05) is 0 Å². The number of hydrogen-bond acceptors (Lipinski definition) is 2. The van der Waals surface area contributed by atoms with Gasteiger partial charge in [-0.3, -0.25) is 4.79 Å². The molecule has 134 valence electrons. The standard InChI is InChI=1S/C21H27FO2Si/c1-15(20(23)24-25(5,6)21(2,3)4)17-12-13-18(19(22)14-17)16-10-8-7-9-11-16/h7-15H,1-6H3. The summed E-state index contributed by atoms with van der Waals surface area (Å²) in [5, 5.41) is -0.0508. The van der Waals surface area contributed by atoms with Crippen LogP contribution in [-0.4, -0.2) is 14.3 Å². The lowest BCUT2D eigenvalue weighted by molar-refractivity contribution is -0.136. The molecule has 0 spiro atoms. The van der Waals surface area contributed by atoms with Gasteiger partial charge in [-0.1, -0.05) is 63.2 Å². The van der Waals surface area contributed by atoms with Crippen molar-refractivity contribution in [2.24, 2.45) is 0 Å². The molecule has 0 bridgehead atoms. The highest BCUT2D eigenvalue weighted by Crippen LogP contribution is 2.37. The van der Waals surface area contributed by atoms with Crippen LogP contribution in [0.2, 0.25) is 18.1 Å². The van der Waals surface area contributed by atoms with Gasteiger partial charge in [0.2, 0.25) is 0 Å². The largest absolute Gasteiger partial charge is 0.519 e. The molecule has 2 aromatic rings. The maximum atomic E-state index is 14.5. The van der Waals surface area contributed by atoms with Crippen molar-refractivity contribution in [3.63, 3.8) is 0 Å². The van der Waals surface area contributed by atoms with E-state index in [2.05, 4.69) is 20.8 Å². The maximum absolute atomic E-state index is 14.5. The van der Waals surface area contributed by atoms with Gasteiger partial charge in [-0.15, -0.1) is 0 Å². The summed E-state index contributed by atoms with van der Waals surface area (Å²) in [5.41, 5.74) is 2.00. The molecule has 0 fully saturated rings. The van der Waals surface area contributed by atoms with E-state index in [1.165, 1.54) is 6.07 Å². The van der Waals surface area contributed by atoms with E-state index < -0.39 is 14.2 Å². The second kappa shape index (κ2) is 7.12. The molecule has 0 heterocycles. The van der Waals surface area contributed by atoms with Gasteiger partial charge in [-0.2, -0.15) is 0 Å². The normalized spacial score (nSPS) is 13.4. The molecular formula is C21H27FO2Si. The van der Waals surface area contributed by atoms with Crippen LogP contribution in [0, 0.1) is 5.82 Å². The fraction of sp³-hybridized carbons (Fsp3) is 0.381. The summed E-state index contributed by atoms with van der Waals surface area (Å²) < 4.78 is 20.4. The number of rotatable bonds is 4. The molecule has 0 aliphatic carbocycles. The van der Waals surface area contributed by atoms with Gasteiger partial charge in [-0.25, -0.2) is 4.39 Å². The third-order valence-corrected chi connectivity index (χ3v) is 9.42. The predicted molar refractivity (Wildman–Crippen MR) is 104 cm³/mol. The number of hydrogen-bond donors (Lipinski definition) is 0. The lowest BCUT2D eigenvalue weighted by Gasteiger charge is -2.36. The Bertz CT molecular complexity index is 748. The smallest absolute Gasteiger partial charge is 0.299 e. The third-order valence-electron chi connectivity index (χ3n) is 5.09. The van der Waals surface area contributed by atoms with Crippen LogP contribution in [0.5, 0.6) is 0 Å². The highest BCUT2D eigenvalue weighted by Gasteiger charge is 2.41. The third kappa shape index (κ3) is 4.37. The second-order valence-electron chi connectivity index (χ2n) is 8.01. The SMILES string of the molecule is CC(C(=O)O[Si](C)(C)C(C)(C)C)c1ccc(-c2ccccc2)c(F)c1. The first-order chi connectivity index (χ1) is 11.5. The zero-order valence-electron chi connectivity index (χ0n) is 15.9. The Morgan fingerprint density at radius 3 is 2.20 bits per heavy atom. The molecule has 0 saturated carbocycles. The average molecular weight is 359 g/mol. The number of carbonyl (C=O) groups is 1. The molecule has 1 unspecified atom stereocenters. The second-order valence-corrected chi connectivity index (χ2v) is 12.7. The Morgan fingerprint density at radius 1 is 1.08 bits per heavy atom. The van der Waals surface area contributed by atoms with Crippen LogP contribution in [0.25, 0.3) is 11.1 Å². The van der Waals surface area contributed by atoms with E-state index in [1.807, 2.05) is 49.5 Å². The molecule has 0 aliphatic rings. The monoisotopic (exact) mass is 358 g/mol. The lowest BCUT2D eigenvalue weighted by Crippen LogP contribution is -2.43.